The van der Waals surface area contributed by atoms with E-state index in [9.17, 15) is 0 Å². The fourth-order valence-electron chi connectivity index (χ4n) is 7.05. The summed E-state index contributed by atoms with van der Waals surface area (Å²) < 4.78 is 8.62. The number of rotatable bonds is 2. The summed E-state index contributed by atoms with van der Waals surface area (Å²) in [6, 6.07) is 49.0. The quantitative estimate of drug-likeness (QED) is 0.197. The minimum absolute atomic E-state index is 0.624. The third-order valence-electron chi connectivity index (χ3n) is 8.99. The molecule has 0 saturated heterocycles. The average Bonchev–Trinajstić information content (AvgIpc) is 3.63. The van der Waals surface area contributed by atoms with Crippen LogP contribution < -0.4 is 0 Å². The van der Waals surface area contributed by atoms with Crippen molar-refractivity contribution in [2.24, 2.45) is 0 Å². The van der Waals surface area contributed by atoms with Crippen molar-refractivity contribution in [2.45, 2.75) is 0 Å². The molecule has 0 saturated carbocycles. The molecule has 4 heteroatoms. The number of para-hydroxylation sites is 2. The maximum absolute atomic E-state index is 6.40. The Labute approximate surface area is 251 Å². The van der Waals surface area contributed by atoms with Crippen molar-refractivity contribution in [3.05, 3.63) is 140 Å². The molecule has 0 unspecified atom stereocenters. The van der Waals surface area contributed by atoms with Crippen molar-refractivity contribution >= 4 is 76.2 Å². The van der Waals surface area contributed by atoms with Crippen molar-refractivity contribution in [2.75, 3.05) is 0 Å². The van der Waals surface area contributed by atoms with Crippen LogP contribution in [0.25, 0.3) is 93.4 Å². The highest BCUT2D eigenvalue weighted by molar-refractivity contribution is 6.28. The van der Waals surface area contributed by atoms with E-state index in [2.05, 4.69) is 108 Å². The molecular weight excluding hydrogens is 538 g/mol. The minimum Gasteiger partial charge on any atom is -0.452 e. The van der Waals surface area contributed by atoms with Gasteiger partial charge in [0, 0.05) is 21.7 Å². The lowest BCUT2D eigenvalue weighted by molar-refractivity contribution is 0.666. The van der Waals surface area contributed by atoms with Crippen LogP contribution in [0.2, 0.25) is 0 Å². The molecule has 3 aromatic heterocycles. The Balaban J connectivity index is 1.40. The highest BCUT2D eigenvalue weighted by Crippen LogP contribution is 2.41. The summed E-state index contributed by atoms with van der Waals surface area (Å²) in [6.45, 7) is 0. The molecule has 0 aliphatic carbocycles. The Hall–Kier alpha value is -6.00. The summed E-state index contributed by atoms with van der Waals surface area (Å²) in [5.74, 6) is 0.624. The van der Waals surface area contributed by atoms with E-state index in [1.54, 1.807) is 0 Å². The molecule has 0 aliphatic rings. The summed E-state index contributed by atoms with van der Waals surface area (Å²) in [4.78, 5) is 10.5. The lowest BCUT2D eigenvalue weighted by Crippen LogP contribution is -2.03. The largest absolute Gasteiger partial charge is 0.452 e. The topological polar surface area (TPSA) is 43.9 Å². The van der Waals surface area contributed by atoms with Gasteiger partial charge in [0.2, 0.25) is 5.95 Å². The fraction of sp³-hybridized carbons (Fsp3) is 0. The lowest BCUT2D eigenvalue weighted by atomic mass is 9.93. The number of hydrogen-bond acceptors (Lipinski definition) is 3. The molecule has 0 N–H and O–H groups in total. The SMILES string of the molecule is c1ccc(-c2nc(-n3c4ccccc4c4cc5c6ccccc6c6ccccc6c5cc43)nc3c2oc2ccccc23)cc1. The zero-order valence-corrected chi connectivity index (χ0v) is 23.5. The monoisotopic (exact) mass is 561 g/mol. The van der Waals surface area contributed by atoms with Gasteiger partial charge in [-0.25, -0.2) is 9.97 Å². The van der Waals surface area contributed by atoms with Crippen LogP contribution >= 0.6 is 0 Å². The maximum Gasteiger partial charge on any atom is 0.236 e. The van der Waals surface area contributed by atoms with E-state index in [0.29, 0.717) is 11.5 Å². The first-order chi connectivity index (χ1) is 21.8. The predicted molar refractivity (Wildman–Crippen MR) is 182 cm³/mol. The molecule has 7 aromatic carbocycles. The molecule has 0 atom stereocenters. The van der Waals surface area contributed by atoms with Gasteiger partial charge < -0.3 is 4.42 Å². The predicted octanol–water partition coefficient (Wildman–Crippen LogP) is 10.6. The summed E-state index contributed by atoms with van der Waals surface area (Å²) in [6.07, 6.45) is 0. The number of nitrogens with zero attached hydrogens (tertiary/aromatic N) is 3. The molecule has 3 heterocycles. The van der Waals surface area contributed by atoms with E-state index >= 15 is 0 Å². The second kappa shape index (κ2) is 8.76. The van der Waals surface area contributed by atoms with Crippen LogP contribution in [0.15, 0.2) is 144 Å². The fourth-order valence-corrected chi connectivity index (χ4v) is 7.05. The molecule has 44 heavy (non-hydrogen) atoms. The van der Waals surface area contributed by atoms with Gasteiger partial charge in [-0.3, -0.25) is 4.57 Å². The molecule has 204 valence electrons. The molecule has 10 aromatic rings. The van der Waals surface area contributed by atoms with E-state index in [1.807, 2.05) is 36.4 Å². The Morgan fingerprint density at radius 3 is 1.73 bits per heavy atom. The third-order valence-corrected chi connectivity index (χ3v) is 8.99. The molecule has 0 spiro atoms. The molecule has 10 rings (SSSR count). The Morgan fingerprint density at radius 1 is 0.432 bits per heavy atom. The first-order valence-electron chi connectivity index (χ1n) is 14.8. The van der Waals surface area contributed by atoms with Gasteiger partial charge in [0.25, 0.3) is 0 Å². The van der Waals surface area contributed by atoms with Crippen molar-refractivity contribution in [3.63, 3.8) is 0 Å². The van der Waals surface area contributed by atoms with Gasteiger partial charge in [-0.2, -0.15) is 0 Å². The van der Waals surface area contributed by atoms with Crippen LogP contribution in [0.3, 0.4) is 0 Å². The minimum atomic E-state index is 0.624. The average molecular weight is 562 g/mol. The van der Waals surface area contributed by atoms with Crippen LogP contribution in [-0.2, 0) is 0 Å². The van der Waals surface area contributed by atoms with Crippen LogP contribution in [0.1, 0.15) is 0 Å². The molecule has 0 radical (unpaired) electrons. The van der Waals surface area contributed by atoms with Crippen LogP contribution in [-0.4, -0.2) is 14.5 Å². The van der Waals surface area contributed by atoms with Gasteiger partial charge >= 0.3 is 0 Å². The zero-order valence-electron chi connectivity index (χ0n) is 23.5. The van der Waals surface area contributed by atoms with Crippen molar-refractivity contribution in [1.29, 1.82) is 0 Å². The van der Waals surface area contributed by atoms with Crippen LogP contribution in [0, 0.1) is 0 Å². The highest BCUT2D eigenvalue weighted by atomic mass is 16.3. The zero-order chi connectivity index (χ0) is 28.8. The van der Waals surface area contributed by atoms with Crippen molar-refractivity contribution < 1.29 is 4.42 Å². The molecule has 4 nitrogen and oxygen atoms in total. The van der Waals surface area contributed by atoms with Gasteiger partial charge in [-0.05, 0) is 62.6 Å². The van der Waals surface area contributed by atoms with Gasteiger partial charge in [-0.15, -0.1) is 0 Å². The third kappa shape index (κ3) is 3.17. The second-order valence-electron chi connectivity index (χ2n) is 11.4. The van der Waals surface area contributed by atoms with E-state index in [0.717, 1.165) is 38.8 Å². The Bertz CT molecular complexity index is 2770. The standard InChI is InChI=1S/C40H23N3O/c1-2-12-24(13-3-1)37-39-38(30-19-9-11-21-36(30)44-39)42-40(41-37)43-34-20-10-8-18-29(34)33-22-31-27-16-6-4-14-25(27)26-15-5-7-17-28(26)32(31)23-35(33)43/h1-23H. The Morgan fingerprint density at radius 2 is 1.00 bits per heavy atom. The summed E-state index contributed by atoms with van der Waals surface area (Å²) >= 11 is 0. The first kappa shape index (κ1) is 23.6. The number of hydrogen-bond donors (Lipinski definition) is 0. The van der Waals surface area contributed by atoms with E-state index < -0.39 is 0 Å². The molecular formula is C40H23N3O. The van der Waals surface area contributed by atoms with Gasteiger partial charge in [0.05, 0.1) is 11.0 Å². The maximum atomic E-state index is 6.40. The Kier molecular flexibility index (Phi) is 4.69. The lowest BCUT2D eigenvalue weighted by Gasteiger charge is -2.12. The number of benzene rings is 7. The molecule has 0 aliphatic heterocycles. The van der Waals surface area contributed by atoms with Crippen molar-refractivity contribution in [1.82, 2.24) is 14.5 Å². The first-order valence-corrected chi connectivity index (χ1v) is 14.8. The van der Waals surface area contributed by atoms with Crippen molar-refractivity contribution in [3.8, 4) is 17.2 Å². The normalized spacial score (nSPS) is 12.1. The van der Waals surface area contributed by atoms with E-state index in [4.69, 9.17) is 14.4 Å². The summed E-state index contributed by atoms with van der Waals surface area (Å²) in [7, 11) is 0. The van der Waals surface area contributed by atoms with E-state index in [-0.39, 0.29) is 0 Å². The smallest absolute Gasteiger partial charge is 0.236 e. The number of fused-ring (bicyclic) bond motifs is 12. The summed E-state index contributed by atoms with van der Waals surface area (Å²) in [5, 5.41) is 10.8. The van der Waals surface area contributed by atoms with Gasteiger partial charge in [0.15, 0.2) is 5.58 Å². The molecule has 0 fully saturated rings. The van der Waals surface area contributed by atoms with Gasteiger partial charge in [-0.1, -0.05) is 109 Å². The number of furan rings is 1. The highest BCUT2D eigenvalue weighted by Gasteiger charge is 2.22. The second-order valence-corrected chi connectivity index (χ2v) is 11.4. The van der Waals surface area contributed by atoms with E-state index in [1.165, 1.54) is 43.1 Å². The molecule has 0 amide bonds. The van der Waals surface area contributed by atoms with Gasteiger partial charge in [0.1, 0.15) is 16.8 Å². The number of aromatic nitrogens is 3. The molecule has 0 bridgehead atoms. The summed E-state index contributed by atoms with van der Waals surface area (Å²) in [5.41, 5.74) is 6.23. The van der Waals surface area contributed by atoms with Crippen LogP contribution in [0.4, 0.5) is 0 Å². The van der Waals surface area contributed by atoms with Crippen LogP contribution in [0.5, 0.6) is 0 Å².